The van der Waals surface area contributed by atoms with E-state index in [2.05, 4.69) is 22.2 Å². The van der Waals surface area contributed by atoms with Crippen LogP contribution >= 0.6 is 0 Å². The molecule has 1 aliphatic heterocycles. The molecule has 3 N–H and O–H groups in total. The normalized spacial score (nSPS) is 16.7. The molecule has 0 bridgehead atoms. The highest BCUT2D eigenvalue weighted by Gasteiger charge is 2.12. The van der Waals surface area contributed by atoms with Gasteiger partial charge in [0.25, 0.3) is 0 Å². The second kappa shape index (κ2) is 6.77. The fourth-order valence-corrected chi connectivity index (χ4v) is 2.34. The summed E-state index contributed by atoms with van der Waals surface area (Å²) in [6.45, 7) is 10.7. The van der Waals surface area contributed by atoms with Crippen LogP contribution in [0.3, 0.4) is 0 Å². The van der Waals surface area contributed by atoms with Gasteiger partial charge in [0, 0.05) is 26.2 Å². The Morgan fingerprint density at radius 2 is 2.11 bits per heavy atom. The summed E-state index contributed by atoms with van der Waals surface area (Å²) in [5, 5.41) is 7.81. The molecule has 2 rings (SSSR count). The van der Waals surface area contributed by atoms with Crippen molar-refractivity contribution >= 4 is 11.5 Å². The van der Waals surface area contributed by atoms with Crippen LogP contribution < -0.4 is 11.1 Å². The lowest BCUT2D eigenvalue weighted by Crippen LogP contribution is -2.37. The van der Waals surface area contributed by atoms with Crippen LogP contribution in [0.2, 0.25) is 0 Å². The minimum absolute atomic E-state index is 0.772. The SMILES string of the molecule is CCn1nc(C)c(N)c1NCCCN1CCOCC1. The van der Waals surface area contributed by atoms with E-state index in [1.807, 2.05) is 11.6 Å². The van der Waals surface area contributed by atoms with Crippen LogP contribution in [0.1, 0.15) is 19.0 Å². The van der Waals surface area contributed by atoms with E-state index in [9.17, 15) is 0 Å². The molecule has 0 atom stereocenters. The van der Waals surface area contributed by atoms with Gasteiger partial charge >= 0.3 is 0 Å². The molecule has 6 heteroatoms. The molecule has 1 fully saturated rings. The predicted octanol–water partition coefficient (Wildman–Crippen LogP) is 0.928. The molecule has 0 radical (unpaired) electrons. The average Bonchev–Trinajstić information content (AvgIpc) is 2.72. The van der Waals surface area contributed by atoms with Gasteiger partial charge < -0.3 is 15.8 Å². The van der Waals surface area contributed by atoms with Gasteiger partial charge in [0.2, 0.25) is 0 Å². The fraction of sp³-hybridized carbons (Fsp3) is 0.769. The number of morpholine rings is 1. The van der Waals surface area contributed by atoms with Crippen molar-refractivity contribution < 1.29 is 4.74 Å². The monoisotopic (exact) mass is 267 g/mol. The second-order valence-electron chi connectivity index (χ2n) is 4.90. The molecule has 1 aromatic heterocycles. The zero-order chi connectivity index (χ0) is 13.7. The maximum absolute atomic E-state index is 6.03. The van der Waals surface area contributed by atoms with Gasteiger partial charge in [-0.25, -0.2) is 4.68 Å². The molecule has 0 aromatic carbocycles. The first-order valence-corrected chi connectivity index (χ1v) is 7.09. The number of nitrogens with one attached hydrogen (secondary N) is 1. The number of rotatable bonds is 6. The number of aromatic nitrogens is 2. The lowest BCUT2D eigenvalue weighted by atomic mass is 10.3. The number of hydrogen-bond donors (Lipinski definition) is 2. The standard InChI is InChI=1S/C13H25N5O/c1-3-18-13(12(14)11(2)16-18)15-5-4-6-17-7-9-19-10-8-17/h15H,3-10,14H2,1-2H3. The molecule has 6 nitrogen and oxygen atoms in total. The van der Waals surface area contributed by atoms with Crippen molar-refractivity contribution in [2.75, 3.05) is 50.4 Å². The molecule has 0 saturated carbocycles. The van der Waals surface area contributed by atoms with E-state index in [1.165, 1.54) is 0 Å². The number of nitrogen functional groups attached to an aromatic ring is 1. The molecule has 2 heterocycles. The van der Waals surface area contributed by atoms with Crippen molar-refractivity contribution in [2.24, 2.45) is 0 Å². The molecule has 0 spiro atoms. The highest BCUT2D eigenvalue weighted by Crippen LogP contribution is 2.21. The zero-order valence-electron chi connectivity index (χ0n) is 12.0. The minimum Gasteiger partial charge on any atom is -0.394 e. The van der Waals surface area contributed by atoms with Gasteiger partial charge in [0.15, 0.2) is 0 Å². The number of anilines is 2. The van der Waals surface area contributed by atoms with Crippen molar-refractivity contribution in [3.63, 3.8) is 0 Å². The number of hydrogen-bond acceptors (Lipinski definition) is 5. The summed E-state index contributed by atoms with van der Waals surface area (Å²) >= 11 is 0. The molecule has 1 aliphatic rings. The van der Waals surface area contributed by atoms with Crippen molar-refractivity contribution in [1.82, 2.24) is 14.7 Å². The van der Waals surface area contributed by atoms with Gasteiger partial charge in [0.05, 0.1) is 24.6 Å². The fourth-order valence-electron chi connectivity index (χ4n) is 2.34. The highest BCUT2D eigenvalue weighted by molar-refractivity contribution is 5.64. The summed E-state index contributed by atoms with van der Waals surface area (Å²) in [5.41, 5.74) is 7.70. The van der Waals surface area contributed by atoms with Gasteiger partial charge in [-0.05, 0) is 26.8 Å². The summed E-state index contributed by atoms with van der Waals surface area (Å²) in [6, 6.07) is 0. The largest absolute Gasteiger partial charge is 0.394 e. The molecule has 0 unspecified atom stereocenters. The summed E-state index contributed by atoms with van der Waals surface area (Å²) in [6.07, 6.45) is 1.10. The van der Waals surface area contributed by atoms with Crippen molar-refractivity contribution in [1.29, 1.82) is 0 Å². The van der Waals surface area contributed by atoms with E-state index in [1.54, 1.807) is 0 Å². The molecular weight excluding hydrogens is 242 g/mol. The smallest absolute Gasteiger partial charge is 0.148 e. The summed E-state index contributed by atoms with van der Waals surface area (Å²) in [5.74, 6) is 0.960. The van der Waals surface area contributed by atoms with Crippen molar-refractivity contribution in [3.8, 4) is 0 Å². The second-order valence-corrected chi connectivity index (χ2v) is 4.90. The third kappa shape index (κ3) is 3.61. The average molecular weight is 267 g/mol. The third-order valence-corrected chi connectivity index (χ3v) is 3.52. The molecular formula is C13H25N5O. The first-order valence-electron chi connectivity index (χ1n) is 7.09. The van der Waals surface area contributed by atoms with Gasteiger partial charge in [-0.3, -0.25) is 4.90 Å². The van der Waals surface area contributed by atoms with E-state index < -0.39 is 0 Å². The maximum Gasteiger partial charge on any atom is 0.148 e. The van der Waals surface area contributed by atoms with E-state index >= 15 is 0 Å². The number of ether oxygens (including phenoxy) is 1. The highest BCUT2D eigenvalue weighted by atomic mass is 16.5. The molecule has 1 saturated heterocycles. The molecule has 0 amide bonds. The Balaban J connectivity index is 1.76. The van der Waals surface area contributed by atoms with E-state index in [0.29, 0.717) is 0 Å². The topological polar surface area (TPSA) is 68.3 Å². The minimum atomic E-state index is 0.772. The Hall–Kier alpha value is -1.27. The Morgan fingerprint density at radius 3 is 2.79 bits per heavy atom. The summed E-state index contributed by atoms with van der Waals surface area (Å²) < 4.78 is 7.27. The quantitative estimate of drug-likeness (QED) is 0.750. The zero-order valence-corrected chi connectivity index (χ0v) is 12.0. The van der Waals surface area contributed by atoms with Crippen molar-refractivity contribution in [2.45, 2.75) is 26.8 Å². The van der Waals surface area contributed by atoms with Gasteiger partial charge in [-0.2, -0.15) is 5.10 Å². The number of nitrogens with two attached hydrogens (primary N) is 1. The third-order valence-electron chi connectivity index (χ3n) is 3.52. The Labute approximate surface area is 114 Å². The van der Waals surface area contributed by atoms with Crippen LogP contribution in [0.4, 0.5) is 11.5 Å². The van der Waals surface area contributed by atoms with Crippen LogP contribution in [0.15, 0.2) is 0 Å². The van der Waals surface area contributed by atoms with Crippen LogP contribution in [0.25, 0.3) is 0 Å². The lowest BCUT2D eigenvalue weighted by molar-refractivity contribution is 0.0378. The first-order chi connectivity index (χ1) is 9.22. The maximum atomic E-state index is 6.03. The van der Waals surface area contributed by atoms with Crippen molar-refractivity contribution in [3.05, 3.63) is 5.69 Å². The van der Waals surface area contributed by atoms with E-state index in [0.717, 1.165) is 69.6 Å². The molecule has 0 aliphatic carbocycles. The van der Waals surface area contributed by atoms with Gasteiger partial charge in [0.1, 0.15) is 5.82 Å². The van der Waals surface area contributed by atoms with Gasteiger partial charge in [-0.15, -0.1) is 0 Å². The van der Waals surface area contributed by atoms with E-state index in [4.69, 9.17) is 10.5 Å². The van der Waals surface area contributed by atoms with Crippen LogP contribution in [-0.2, 0) is 11.3 Å². The van der Waals surface area contributed by atoms with Crippen LogP contribution in [-0.4, -0.2) is 54.1 Å². The number of nitrogens with zero attached hydrogens (tertiary/aromatic N) is 3. The summed E-state index contributed by atoms with van der Waals surface area (Å²) in [4.78, 5) is 2.44. The van der Waals surface area contributed by atoms with Crippen LogP contribution in [0.5, 0.6) is 0 Å². The molecule has 19 heavy (non-hydrogen) atoms. The Kier molecular flexibility index (Phi) is 5.04. The Bertz CT molecular complexity index is 398. The van der Waals surface area contributed by atoms with Gasteiger partial charge in [-0.1, -0.05) is 0 Å². The van der Waals surface area contributed by atoms with E-state index in [-0.39, 0.29) is 0 Å². The Morgan fingerprint density at radius 1 is 1.37 bits per heavy atom. The number of aryl methyl sites for hydroxylation is 2. The summed E-state index contributed by atoms with van der Waals surface area (Å²) in [7, 11) is 0. The molecule has 108 valence electrons. The van der Waals surface area contributed by atoms with Crippen LogP contribution in [0, 0.1) is 6.92 Å². The first kappa shape index (κ1) is 14.1. The predicted molar refractivity (Wildman–Crippen MR) is 77.4 cm³/mol. The molecule has 1 aromatic rings. The lowest BCUT2D eigenvalue weighted by Gasteiger charge is -2.26.